The van der Waals surface area contributed by atoms with E-state index in [1.165, 1.54) is 5.69 Å². The van der Waals surface area contributed by atoms with E-state index in [9.17, 15) is 0 Å². The molecule has 1 nitrogen and oxygen atoms in total. The van der Waals surface area contributed by atoms with Crippen LogP contribution in [0.25, 0.3) is 0 Å². The molecule has 1 aromatic heterocycles. The molecule has 0 aliphatic rings. The molecule has 1 heterocycles. The topological polar surface area (TPSA) is 12.9 Å². The summed E-state index contributed by atoms with van der Waals surface area (Å²) in [6.45, 7) is 4.04. The van der Waals surface area contributed by atoms with Crippen molar-refractivity contribution in [3.05, 3.63) is 16.1 Å². The fourth-order valence-electron chi connectivity index (χ4n) is 0.870. The Labute approximate surface area is 76.4 Å². The van der Waals surface area contributed by atoms with Crippen molar-refractivity contribution < 1.29 is 0 Å². The molecular formula is C8H12ClNS. The first-order valence-corrected chi connectivity index (χ1v) is 5.05. The number of halogens is 1. The third kappa shape index (κ3) is 3.21. The Hall–Kier alpha value is -0.0800. The summed E-state index contributed by atoms with van der Waals surface area (Å²) in [6.07, 6.45) is 2.03. The lowest BCUT2D eigenvalue weighted by atomic mass is 10.2. The summed E-state index contributed by atoms with van der Waals surface area (Å²) in [4.78, 5) is 4.34. The highest BCUT2D eigenvalue weighted by Gasteiger charge is 2.00. The predicted octanol–water partition coefficient (Wildman–Crippen LogP) is 3.01. The Morgan fingerprint density at radius 2 is 2.45 bits per heavy atom. The minimum absolute atomic E-state index is 0.261. The first-order chi connectivity index (χ1) is 5.18. The van der Waals surface area contributed by atoms with Crippen molar-refractivity contribution in [3.8, 4) is 0 Å². The van der Waals surface area contributed by atoms with Crippen molar-refractivity contribution in [1.29, 1.82) is 0 Å². The lowest BCUT2D eigenvalue weighted by molar-refractivity contribution is 0.787. The van der Waals surface area contributed by atoms with Gasteiger partial charge in [-0.05, 0) is 26.7 Å². The van der Waals surface area contributed by atoms with Gasteiger partial charge < -0.3 is 0 Å². The standard InChI is InChI=1S/C8H12ClNS/c1-6(9)3-4-8-5-11-7(2)10-8/h5-6H,3-4H2,1-2H3. The monoisotopic (exact) mass is 189 g/mol. The van der Waals surface area contributed by atoms with Gasteiger partial charge in [0, 0.05) is 10.8 Å². The SMILES string of the molecule is Cc1nc(CCC(C)Cl)cs1. The molecule has 0 saturated carbocycles. The van der Waals surface area contributed by atoms with Crippen LogP contribution in [0.15, 0.2) is 5.38 Å². The molecule has 1 atom stereocenters. The van der Waals surface area contributed by atoms with Gasteiger partial charge in [-0.2, -0.15) is 0 Å². The number of hydrogen-bond donors (Lipinski definition) is 0. The van der Waals surface area contributed by atoms with Crippen LogP contribution < -0.4 is 0 Å². The van der Waals surface area contributed by atoms with Gasteiger partial charge in [0.2, 0.25) is 0 Å². The van der Waals surface area contributed by atoms with Gasteiger partial charge >= 0.3 is 0 Å². The molecule has 1 unspecified atom stereocenters. The fourth-order valence-corrected chi connectivity index (χ4v) is 1.63. The number of aryl methyl sites for hydroxylation is 2. The average Bonchev–Trinajstić information content (AvgIpc) is 2.31. The highest BCUT2D eigenvalue weighted by molar-refractivity contribution is 7.09. The molecule has 0 amide bonds. The average molecular weight is 190 g/mol. The van der Waals surface area contributed by atoms with Crippen LogP contribution in [0.1, 0.15) is 24.0 Å². The van der Waals surface area contributed by atoms with E-state index in [-0.39, 0.29) is 5.38 Å². The molecular weight excluding hydrogens is 178 g/mol. The van der Waals surface area contributed by atoms with Gasteiger partial charge in [-0.15, -0.1) is 22.9 Å². The van der Waals surface area contributed by atoms with Crippen molar-refractivity contribution in [2.24, 2.45) is 0 Å². The largest absolute Gasteiger partial charge is 0.247 e. The lowest BCUT2D eigenvalue weighted by Gasteiger charge is -1.98. The minimum atomic E-state index is 0.261. The third-order valence-electron chi connectivity index (χ3n) is 1.46. The van der Waals surface area contributed by atoms with Crippen molar-refractivity contribution in [2.45, 2.75) is 32.1 Å². The summed E-state index contributed by atoms with van der Waals surface area (Å²) in [5.74, 6) is 0. The molecule has 0 aliphatic carbocycles. The maximum absolute atomic E-state index is 5.81. The summed E-state index contributed by atoms with van der Waals surface area (Å²) in [5, 5.41) is 3.51. The van der Waals surface area contributed by atoms with Gasteiger partial charge in [-0.25, -0.2) is 4.98 Å². The van der Waals surface area contributed by atoms with Crippen molar-refractivity contribution in [1.82, 2.24) is 4.98 Å². The highest BCUT2D eigenvalue weighted by Crippen LogP contribution is 2.12. The predicted molar refractivity (Wildman–Crippen MR) is 50.5 cm³/mol. The second kappa shape index (κ2) is 4.07. The molecule has 11 heavy (non-hydrogen) atoms. The van der Waals surface area contributed by atoms with E-state index >= 15 is 0 Å². The van der Waals surface area contributed by atoms with Crippen molar-refractivity contribution >= 4 is 22.9 Å². The fraction of sp³-hybridized carbons (Fsp3) is 0.625. The molecule has 0 radical (unpaired) electrons. The van der Waals surface area contributed by atoms with Crippen LogP contribution in [0.2, 0.25) is 0 Å². The zero-order chi connectivity index (χ0) is 8.27. The van der Waals surface area contributed by atoms with Gasteiger partial charge in [0.25, 0.3) is 0 Å². The molecule has 0 spiro atoms. The van der Waals surface area contributed by atoms with Gasteiger partial charge in [0.15, 0.2) is 0 Å². The zero-order valence-electron chi connectivity index (χ0n) is 6.80. The molecule has 0 saturated heterocycles. The number of rotatable bonds is 3. The number of hydrogen-bond acceptors (Lipinski definition) is 2. The Balaban J connectivity index is 2.39. The maximum Gasteiger partial charge on any atom is 0.0897 e. The minimum Gasteiger partial charge on any atom is -0.247 e. The molecule has 0 fully saturated rings. The van der Waals surface area contributed by atoms with Gasteiger partial charge in [0.1, 0.15) is 0 Å². The molecule has 62 valence electrons. The van der Waals surface area contributed by atoms with E-state index in [0.29, 0.717) is 0 Å². The molecule has 1 aromatic rings. The second-order valence-corrected chi connectivity index (χ2v) is 4.48. The molecule has 0 aliphatic heterocycles. The number of nitrogens with zero attached hydrogens (tertiary/aromatic N) is 1. The maximum atomic E-state index is 5.81. The van der Waals surface area contributed by atoms with Crippen LogP contribution in [0.3, 0.4) is 0 Å². The van der Waals surface area contributed by atoms with E-state index in [4.69, 9.17) is 11.6 Å². The molecule has 1 rings (SSSR count). The molecule has 3 heteroatoms. The molecule has 0 aromatic carbocycles. The van der Waals surface area contributed by atoms with Crippen LogP contribution in [0.5, 0.6) is 0 Å². The van der Waals surface area contributed by atoms with Crippen LogP contribution in [0, 0.1) is 6.92 Å². The van der Waals surface area contributed by atoms with Crippen LogP contribution >= 0.6 is 22.9 Å². The van der Waals surface area contributed by atoms with Crippen LogP contribution in [0.4, 0.5) is 0 Å². The van der Waals surface area contributed by atoms with Crippen molar-refractivity contribution in [2.75, 3.05) is 0 Å². The quantitative estimate of drug-likeness (QED) is 0.667. The second-order valence-electron chi connectivity index (χ2n) is 2.68. The van der Waals surface area contributed by atoms with Crippen LogP contribution in [-0.2, 0) is 6.42 Å². The van der Waals surface area contributed by atoms with Crippen molar-refractivity contribution in [3.63, 3.8) is 0 Å². The Bertz CT molecular complexity index is 220. The highest BCUT2D eigenvalue weighted by atomic mass is 35.5. The first kappa shape index (κ1) is 9.01. The lowest BCUT2D eigenvalue weighted by Crippen LogP contribution is -1.94. The third-order valence-corrected chi connectivity index (χ3v) is 2.51. The molecule has 0 bridgehead atoms. The van der Waals surface area contributed by atoms with E-state index < -0.39 is 0 Å². The summed E-state index contributed by atoms with van der Waals surface area (Å²) >= 11 is 7.51. The Kier molecular flexibility index (Phi) is 3.34. The first-order valence-electron chi connectivity index (χ1n) is 3.73. The normalized spacial score (nSPS) is 13.4. The summed E-state index contributed by atoms with van der Waals surface area (Å²) < 4.78 is 0. The number of thiazole rings is 1. The van der Waals surface area contributed by atoms with Crippen LogP contribution in [-0.4, -0.2) is 10.4 Å². The molecule has 0 N–H and O–H groups in total. The summed E-state index contributed by atoms with van der Waals surface area (Å²) in [5.41, 5.74) is 1.18. The zero-order valence-corrected chi connectivity index (χ0v) is 8.37. The van der Waals surface area contributed by atoms with E-state index in [2.05, 4.69) is 10.4 Å². The van der Waals surface area contributed by atoms with Gasteiger partial charge in [0.05, 0.1) is 10.7 Å². The van der Waals surface area contributed by atoms with E-state index in [1.54, 1.807) is 11.3 Å². The smallest absolute Gasteiger partial charge is 0.0897 e. The Morgan fingerprint density at radius 1 is 1.73 bits per heavy atom. The van der Waals surface area contributed by atoms with Gasteiger partial charge in [-0.3, -0.25) is 0 Å². The number of alkyl halides is 1. The van der Waals surface area contributed by atoms with E-state index in [1.807, 2.05) is 13.8 Å². The van der Waals surface area contributed by atoms with Gasteiger partial charge in [-0.1, -0.05) is 0 Å². The summed E-state index contributed by atoms with van der Waals surface area (Å²) in [6, 6.07) is 0. The number of aromatic nitrogens is 1. The van der Waals surface area contributed by atoms with E-state index in [0.717, 1.165) is 17.8 Å². The summed E-state index contributed by atoms with van der Waals surface area (Å²) in [7, 11) is 0. The Morgan fingerprint density at radius 3 is 2.91 bits per heavy atom.